The van der Waals surface area contributed by atoms with E-state index < -0.39 is 6.10 Å². The Morgan fingerprint density at radius 3 is 2.41 bits per heavy atom. The summed E-state index contributed by atoms with van der Waals surface area (Å²) in [6.07, 6.45) is 0.639. The zero-order chi connectivity index (χ0) is 22.1. The Balaban J connectivity index is 1.39. The monoisotopic (exact) mass is 435 g/mol. The van der Waals surface area contributed by atoms with Crippen molar-refractivity contribution in [2.24, 2.45) is 0 Å². The largest absolute Gasteiger partial charge is 0.476 e. The minimum Gasteiger partial charge on any atom is -0.476 e. The molecule has 2 fully saturated rings. The molecule has 2 aromatic rings. The Morgan fingerprint density at radius 2 is 1.69 bits per heavy atom. The van der Waals surface area contributed by atoms with Crippen LogP contribution in [0.25, 0.3) is 0 Å². The summed E-state index contributed by atoms with van der Waals surface area (Å²) in [4.78, 5) is 43.6. The van der Waals surface area contributed by atoms with Gasteiger partial charge in [0.2, 0.25) is 5.91 Å². The third-order valence-corrected chi connectivity index (χ3v) is 6.12. The van der Waals surface area contributed by atoms with E-state index in [1.165, 1.54) is 0 Å². The van der Waals surface area contributed by atoms with E-state index in [-0.39, 0.29) is 24.3 Å². The molecule has 8 nitrogen and oxygen atoms in total. The lowest BCUT2D eigenvalue weighted by Gasteiger charge is -2.37. The number of fused-ring (bicyclic) bond motifs is 1. The third kappa shape index (κ3) is 3.82. The first-order valence-corrected chi connectivity index (χ1v) is 11.0. The molecule has 3 heterocycles. The smallest absolute Gasteiger partial charge is 0.265 e. The Bertz CT molecular complexity index is 1030. The quantitative estimate of drug-likeness (QED) is 0.738. The van der Waals surface area contributed by atoms with Crippen LogP contribution in [-0.4, -0.2) is 68.1 Å². The van der Waals surface area contributed by atoms with E-state index in [9.17, 15) is 14.4 Å². The maximum Gasteiger partial charge on any atom is 0.265 e. The van der Waals surface area contributed by atoms with Crippen LogP contribution in [0.1, 0.15) is 23.2 Å². The van der Waals surface area contributed by atoms with Crippen LogP contribution in [0, 0.1) is 0 Å². The van der Waals surface area contributed by atoms with E-state index in [0.717, 1.165) is 12.1 Å². The van der Waals surface area contributed by atoms with Gasteiger partial charge in [-0.3, -0.25) is 14.4 Å². The molecule has 3 aliphatic heterocycles. The van der Waals surface area contributed by atoms with Gasteiger partial charge in [0.15, 0.2) is 6.10 Å². The minimum atomic E-state index is -0.770. The number of para-hydroxylation sites is 2. The molecule has 0 saturated carbocycles. The molecule has 0 N–H and O–H groups in total. The third-order valence-electron chi connectivity index (χ3n) is 6.12. The second-order valence-corrected chi connectivity index (χ2v) is 8.12. The van der Waals surface area contributed by atoms with Crippen molar-refractivity contribution in [1.29, 1.82) is 0 Å². The van der Waals surface area contributed by atoms with E-state index in [1.54, 1.807) is 45.0 Å². The number of carbonyl (C=O) groups excluding carboxylic acids is 3. The second kappa shape index (κ2) is 8.63. The summed E-state index contributed by atoms with van der Waals surface area (Å²) in [5, 5.41) is 0. The highest BCUT2D eigenvalue weighted by molar-refractivity contribution is 6.08. The molecule has 0 aromatic heterocycles. The molecule has 0 spiro atoms. The lowest BCUT2D eigenvalue weighted by Crippen LogP contribution is -2.54. The van der Waals surface area contributed by atoms with Crippen LogP contribution in [0.4, 0.5) is 11.4 Å². The van der Waals surface area contributed by atoms with Crippen LogP contribution in [0.5, 0.6) is 5.75 Å². The van der Waals surface area contributed by atoms with Gasteiger partial charge in [-0.2, -0.15) is 0 Å². The molecule has 0 radical (unpaired) electrons. The van der Waals surface area contributed by atoms with Crippen LogP contribution < -0.4 is 14.5 Å². The van der Waals surface area contributed by atoms with Gasteiger partial charge in [0, 0.05) is 37.3 Å². The number of nitrogens with zero attached hydrogens (tertiary/aromatic N) is 3. The number of hydrogen-bond acceptors (Lipinski definition) is 5. The topological polar surface area (TPSA) is 79.4 Å². The predicted octanol–water partition coefficient (Wildman–Crippen LogP) is 2.08. The van der Waals surface area contributed by atoms with Crippen molar-refractivity contribution in [3.63, 3.8) is 0 Å². The molecule has 3 aliphatic rings. The van der Waals surface area contributed by atoms with Crippen LogP contribution in [0.3, 0.4) is 0 Å². The van der Waals surface area contributed by atoms with E-state index in [0.29, 0.717) is 56.3 Å². The number of benzene rings is 2. The molecule has 0 unspecified atom stereocenters. The average Bonchev–Trinajstić information content (AvgIpc) is 3.29. The van der Waals surface area contributed by atoms with Crippen molar-refractivity contribution in [2.45, 2.75) is 18.9 Å². The normalized spacial score (nSPS) is 20.7. The van der Waals surface area contributed by atoms with Crippen LogP contribution in [-0.2, 0) is 14.3 Å². The highest BCUT2D eigenvalue weighted by atomic mass is 16.5. The van der Waals surface area contributed by atoms with Crippen LogP contribution in [0.2, 0.25) is 0 Å². The molecule has 0 aliphatic carbocycles. The van der Waals surface area contributed by atoms with Gasteiger partial charge in [-0.05, 0) is 42.8 Å². The Morgan fingerprint density at radius 1 is 0.938 bits per heavy atom. The molecule has 2 saturated heterocycles. The lowest BCUT2D eigenvalue weighted by atomic mass is 10.1. The van der Waals surface area contributed by atoms with Crippen molar-refractivity contribution < 1.29 is 23.9 Å². The van der Waals surface area contributed by atoms with Crippen molar-refractivity contribution in [1.82, 2.24) is 4.90 Å². The Labute approximate surface area is 186 Å². The predicted molar refractivity (Wildman–Crippen MR) is 118 cm³/mol. The highest BCUT2D eigenvalue weighted by Crippen LogP contribution is 2.35. The summed E-state index contributed by atoms with van der Waals surface area (Å²) in [5.74, 6) is 0.275. The Kier molecular flexibility index (Phi) is 5.53. The van der Waals surface area contributed by atoms with Gasteiger partial charge in [-0.15, -0.1) is 0 Å². The van der Waals surface area contributed by atoms with Gasteiger partial charge >= 0.3 is 0 Å². The summed E-state index contributed by atoms with van der Waals surface area (Å²) in [7, 11) is 0. The van der Waals surface area contributed by atoms with Crippen LogP contribution >= 0.6 is 0 Å². The standard InChI is InChI=1S/C24H25N3O5/c28-22-6-3-11-26(22)18-9-7-17(8-10-18)23(29)27-16-21(24(30)25-12-14-31-15-13-25)32-20-5-2-1-4-19(20)27/h1-2,4-5,7-10,21H,3,6,11-16H2/t21-/m0/s1. The SMILES string of the molecule is O=C([C@@H]1CN(C(=O)c2ccc(N3CCCC3=O)cc2)c2ccccc2O1)N1CCOCC1. The Hall–Kier alpha value is -3.39. The first-order chi connectivity index (χ1) is 15.6. The molecule has 5 rings (SSSR count). The molecule has 8 heteroatoms. The van der Waals surface area contributed by atoms with Crippen molar-refractivity contribution in [2.75, 3.05) is 49.2 Å². The van der Waals surface area contributed by atoms with Crippen molar-refractivity contribution in [3.8, 4) is 5.75 Å². The van der Waals surface area contributed by atoms with E-state index >= 15 is 0 Å². The van der Waals surface area contributed by atoms with Gasteiger partial charge < -0.3 is 24.2 Å². The number of carbonyl (C=O) groups is 3. The van der Waals surface area contributed by atoms with Gasteiger partial charge in [-0.25, -0.2) is 0 Å². The zero-order valence-corrected chi connectivity index (χ0v) is 17.7. The van der Waals surface area contributed by atoms with Crippen molar-refractivity contribution >= 4 is 29.1 Å². The molecule has 32 heavy (non-hydrogen) atoms. The van der Waals surface area contributed by atoms with Gasteiger partial charge in [0.25, 0.3) is 11.8 Å². The number of amides is 3. The molecule has 3 amide bonds. The maximum atomic E-state index is 13.4. The van der Waals surface area contributed by atoms with Gasteiger partial charge in [0.05, 0.1) is 25.4 Å². The number of hydrogen-bond donors (Lipinski definition) is 0. The number of rotatable bonds is 3. The van der Waals surface area contributed by atoms with Crippen molar-refractivity contribution in [3.05, 3.63) is 54.1 Å². The minimum absolute atomic E-state index is 0.107. The number of anilines is 2. The van der Waals surface area contributed by atoms with Crippen LogP contribution in [0.15, 0.2) is 48.5 Å². The summed E-state index contributed by atoms with van der Waals surface area (Å²) in [6, 6.07) is 14.3. The molecule has 166 valence electrons. The zero-order valence-electron chi connectivity index (χ0n) is 17.7. The molecular formula is C24H25N3O5. The maximum absolute atomic E-state index is 13.4. The first kappa shape index (κ1) is 20.5. The number of morpholine rings is 1. The second-order valence-electron chi connectivity index (χ2n) is 8.12. The summed E-state index contributed by atoms with van der Waals surface area (Å²) < 4.78 is 11.3. The number of ether oxygens (including phenoxy) is 2. The highest BCUT2D eigenvalue weighted by Gasteiger charge is 2.36. The van der Waals surface area contributed by atoms with E-state index in [1.807, 2.05) is 18.2 Å². The lowest BCUT2D eigenvalue weighted by molar-refractivity contribution is -0.142. The average molecular weight is 435 g/mol. The summed E-state index contributed by atoms with van der Waals surface area (Å²) >= 11 is 0. The molecular weight excluding hydrogens is 410 g/mol. The fourth-order valence-electron chi connectivity index (χ4n) is 4.40. The molecule has 2 aromatic carbocycles. The van der Waals surface area contributed by atoms with E-state index in [2.05, 4.69) is 0 Å². The van der Waals surface area contributed by atoms with Gasteiger partial charge in [0.1, 0.15) is 5.75 Å². The summed E-state index contributed by atoms with van der Waals surface area (Å²) in [5.41, 5.74) is 1.93. The first-order valence-electron chi connectivity index (χ1n) is 11.0. The molecule has 0 bridgehead atoms. The fraction of sp³-hybridized carbons (Fsp3) is 0.375. The van der Waals surface area contributed by atoms with Gasteiger partial charge in [-0.1, -0.05) is 12.1 Å². The molecule has 1 atom stereocenters. The summed E-state index contributed by atoms with van der Waals surface area (Å²) in [6.45, 7) is 2.88. The van der Waals surface area contributed by atoms with E-state index in [4.69, 9.17) is 9.47 Å². The fourth-order valence-corrected chi connectivity index (χ4v) is 4.40.